The highest BCUT2D eigenvalue weighted by molar-refractivity contribution is 5.03. The average Bonchev–Trinajstić information content (AvgIpc) is 3.10. The lowest BCUT2D eigenvalue weighted by molar-refractivity contribution is 0.174. The molecule has 1 aromatic rings. The molecule has 1 aliphatic rings. The molecule has 1 unspecified atom stereocenters. The third-order valence-corrected chi connectivity index (χ3v) is 4.11. The highest BCUT2D eigenvalue weighted by atomic mass is 15.2. The number of hydrogen-bond donors (Lipinski definition) is 1. The van der Waals surface area contributed by atoms with E-state index in [0.29, 0.717) is 5.41 Å². The summed E-state index contributed by atoms with van der Waals surface area (Å²) in [5.74, 6) is 0. The summed E-state index contributed by atoms with van der Waals surface area (Å²) >= 11 is 0. The van der Waals surface area contributed by atoms with Crippen LogP contribution in [-0.4, -0.2) is 40.9 Å². The molecule has 1 heterocycles. The maximum absolute atomic E-state index is 4.23. The lowest BCUT2D eigenvalue weighted by atomic mass is 9.86. The monoisotopic (exact) mass is 264 g/mol. The number of nitrogens with zero attached hydrogens (tertiary/aromatic N) is 3. The average molecular weight is 264 g/mol. The molecule has 1 fully saturated rings. The molecular formula is C15H28N4. The molecule has 1 aromatic heterocycles. The fraction of sp³-hybridized carbons (Fsp3) is 0.800. The van der Waals surface area contributed by atoms with E-state index < -0.39 is 0 Å². The summed E-state index contributed by atoms with van der Waals surface area (Å²) in [6.45, 7) is 7.92. The van der Waals surface area contributed by atoms with E-state index in [0.717, 1.165) is 25.7 Å². The zero-order valence-corrected chi connectivity index (χ0v) is 12.8. The van der Waals surface area contributed by atoms with Gasteiger partial charge >= 0.3 is 0 Å². The molecule has 0 aromatic carbocycles. The Morgan fingerprint density at radius 3 is 2.79 bits per heavy atom. The predicted octanol–water partition coefficient (Wildman–Crippen LogP) is 2.02. The van der Waals surface area contributed by atoms with Gasteiger partial charge in [0.1, 0.15) is 0 Å². The lowest BCUT2D eigenvalue weighted by Crippen LogP contribution is -2.41. The maximum Gasteiger partial charge on any atom is 0.0534 e. The zero-order valence-electron chi connectivity index (χ0n) is 12.8. The van der Waals surface area contributed by atoms with Crippen LogP contribution < -0.4 is 5.32 Å². The molecule has 0 spiro atoms. The normalized spacial score (nSPS) is 18.8. The largest absolute Gasteiger partial charge is 0.313 e. The minimum absolute atomic E-state index is 0.361. The van der Waals surface area contributed by atoms with Gasteiger partial charge in [0.2, 0.25) is 0 Å². The van der Waals surface area contributed by atoms with E-state index in [1.807, 2.05) is 17.9 Å². The van der Waals surface area contributed by atoms with E-state index in [1.54, 1.807) is 0 Å². The highest BCUT2D eigenvalue weighted by Crippen LogP contribution is 2.25. The Kier molecular flexibility index (Phi) is 4.63. The molecule has 19 heavy (non-hydrogen) atoms. The first-order chi connectivity index (χ1) is 9.00. The summed E-state index contributed by atoms with van der Waals surface area (Å²) in [6, 6.07) is 0.800. The third kappa shape index (κ3) is 4.62. The number of hydrogen-bond acceptors (Lipinski definition) is 3. The van der Waals surface area contributed by atoms with Crippen LogP contribution in [0, 0.1) is 5.41 Å². The number of aryl methyl sites for hydroxylation is 1. The van der Waals surface area contributed by atoms with Gasteiger partial charge < -0.3 is 10.2 Å². The van der Waals surface area contributed by atoms with Crippen molar-refractivity contribution in [2.45, 2.75) is 45.7 Å². The van der Waals surface area contributed by atoms with Crippen molar-refractivity contribution in [3.05, 3.63) is 18.0 Å². The van der Waals surface area contributed by atoms with Crippen LogP contribution in [-0.2, 0) is 13.6 Å². The second kappa shape index (κ2) is 6.06. The smallest absolute Gasteiger partial charge is 0.0534 e. The minimum Gasteiger partial charge on any atom is -0.313 e. The zero-order chi connectivity index (χ0) is 13.9. The second-order valence-electron chi connectivity index (χ2n) is 6.51. The number of nitrogens with one attached hydrogen (secondary N) is 1. The van der Waals surface area contributed by atoms with Crippen molar-refractivity contribution >= 4 is 0 Å². The first-order valence-corrected chi connectivity index (χ1v) is 7.40. The van der Waals surface area contributed by atoms with Crippen LogP contribution in [0.2, 0.25) is 0 Å². The van der Waals surface area contributed by atoms with Crippen molar-refractivity contribution in [2.75, 3.05) is 20.1 Å². The molecule has 4 nitrogen and oxygen atoms in total. The van der Waals surface area contributed by atoms with Gasteiger partial charge in [-0.1, -0.05) is 13.8 Å². The first-order valence-electron chi connectivity index (χ1n) is 7.40. The molecule has 1 saturated carbocycles. The highest BCUT2D eigenvalue weighted by Gasteiger charge is 2.28. The van der Waals surface area contributed by atoms with Crippen molar-refractivity contribution in [1.82, 2.24) is 20.0 Å². The Balaban J connectivity index is 1.81. The molecule has 1 aliphatic carbocycles. The summed E-state index contributed by atoms with van der Waals surface area (Å²) in [5, 5.41) is 7.91. The fourth-order valence-corrected chi connectivity index (χ4v) is 2.54. The van der Waals surface area contributed by atoms with Gasteiger partial charge in [0, 0.05) is 44.5 Å². The van der Waals surface area contributed by atoms with Crippen LogP contribution in [0.25, 0.3) is 0 Å². The van der Waals surface area contributed by atoms with E-state index in [9.17, 15) is 0 Å². The van der Waals surface area contributed by atoms with Crippen LogP contribution in [0.5, 0.6) is 0 Å². The molecule has 2 rings (SSSR count). The molecule has 0 aliphatic heterocycles. The van der Waals surface area contributed by atoms with Gasteiger partial charge in [0.15, 0.2) is 0 Å². The standard InChI is InChI=1S/C15H28N4/c1-5-15(2,11-16-14-6-7-14)12-18(3)9-13-8-17-19(4)10-13/h8,10,14,16H,5-7,9,11-12H2,1-4H3. The van der Waals surface area contributed by atoms with E-state index >= 15 is 0 Å². The lowest BCUT2D eigenvalue weighted by Gasteiger charge is -2.33. The molecule has 0 saturated heterocycles. The van der Waals surface area contributed by atoms with Crippen LogP contribution >= 0.6 is 0 Å². The second-order valence-corrected chi connectivity index (χ2v) is 6.51. The Hall–Kier alpha value is -0.870. The van der Waals surface area contributed by atoms with Crippen LogP contribution in [0.15, 0.2) is 12.4 Å². The van der Waals surface area contributed by atoms with Crippen molar-refractivity contribution in [2.24, 2.45) is 12.5 Å². The maximum atomic E-state index is 4.23. The Morgan fingerprint density at radius 2 is 2.26 bits per heavy atom. The topological polar surface area (TPSA) is 33.1 Å². The summed E-state index contributed by atoms with van der Waals surface area (Å²) in [6.07, 6.45) is 8.01. The van der Waals surface area contributed by atoms with E-state index in [1.165, 1.54) is 24.8 Å². The van der Waals surface area contributed by atoms with Gasteiger partial charge in [-0.2, -0.15) is 5.10 Å². The molecule has 0 bridgehead atoms. The quantitative estimate of drug-likeness (QED) is 0.780. The van der Waals surface area contributed by atoms with Crippen LogP contribution in [0.1, 0.15) is 38.7 Å². The predicted molar refractivity (Wildman–Crippen MR) is 79.0 cm³/mol. The molecule has 108 valence electrons. The molecule has 0 radical (unpaired) electrons. The number of rotatable bonds is 8. The third-order valence-electron chi connectivity index (χ3n) is 4.11. The van der Waals surface area contributed by atoms with Crippen molar-refractivity contribution in [3.63, 3.8) is 0 Å². The summed E-state index contributed by atoms with van der Waals surface area (Å²) in [7, 11) is 4.18. The summed E-state index contributed by atoms with van der Waals surface area (Å²) < 4.78 is 1.87. The van der Waals surface area contributed by atoms with Crippen molar-refractivity contribution < 1.29 is 0 Å². The first kappa shape index (κ1) is 14.5. The Morgan fingerprint density at radius 1 is 1.53 bits per heavy atom. The van der Waals surface area contributed by atoms with Gasteiger partial charge in [0.25, 0.3) is 0 Å². The Labute approximate surface area is 117 Å². The van der Waals surface area contributed by atoms with Gasteiger partial charge in [-0.3, -0.25) is 4.68 Å². The van der Waals surface area contributed by atoms with Crippen molar-refractivity contribution in [3.8, 4) is 0 Å². The molecule has 4 heteroatoms. The Bertz CT molecular complexity index is 397. The molecule has 1 N–H and O–H groups in total. The van der Waals surface area contributed by atoms with Crippen LogP contribution in [0.3, 0.4) is 0 Å². The van der Waals surface area contributed by atoms with E-state index in [-0.39, 0.29) is 0 Å². The SMILES string of the molecule is CCC(C)(CNC1CC1)CN(C)Cc1cnn(C)c1. The van der Waals surface area contributed by atoms with Gasteiger partial charge in [-0.05, 0) is 31.7 Å². The summed E-state index contributed by atoms with van der Waals surface area (Å²) in [4.78, 5) is 2.41. The van der Waals surface area contributed by atoms with E-state index in [2.05, 4.69) is 42.4 Å². The number of aromatic nitrogens is 2. The fourth-order valence-electron chi connectivity index (χ4n) is 2.54. The van der Waals surface area contributed by atoms with E-state index in [4.69, 9.17) is 0 Å². The molecule has 0 amide bonds. The van der Waals surface area contributed by atoms with Crippen LogP contribution in [0.4, 0.5) is 0 Å². The van der Waals surface area contributed by atoms with Crippen molar-refractivity contribution in [1.29, 1.82) is 0 Å². The molecular weight excluding hydrogens is 236 g/mol. The van der Waals surface area contributed by atoms with Gasteiger partial charge in [-0.15, -0.1) is 0 Å². The van der Waals surface area contributed by atoms with Gasteiger partial charge in [-0.25, -0.2) is 0 Å². The van der Waals surface area contributed by atoms with Gasteiger partial charge in [0.05, 0.1) is 6.20 Å². The summed E-state index contributed by atoms with van der Waals surface area (Å²) in [5.41, 5.74) is 1.65. The minimum atomic E-state index is 0.361. The molecule has 1 atom stereocenters.